The van der Waals surface area contributed by atoms with Gasteiger partial charge in [0.05, 0.1) is 17.7 Å². The predicted molar refractivity (Wildman–Crippen MR) is 114 cm³/mol. The highest BCUT2D eigenvalue weighted by Crippen LogP contribution is 2.46. The summed E-state index contributed by atoms with van der Waals surface area (Å²) in [6.45, 7) is 3.21. The van der Waals surface area contributed by atoms with Crippen LogP contribution >= 0.6 is 0 Å². The van der Waals surface area contributed by atoms with Crippen molar-refractivity contribution in [3.05, 3.63) is 83.2 Å². The van der Waals surface area contributed by atoms with Gasteiger partial charge in [-0.15, -0.1) is 0 Å². The van der Waals surface area contributed by atoms with E-state index in [0.717, 1.165) is 24.9 Å². The molecule has 1 N–H and O–H groups in total. The van der Waals surface area contributed by atoms with Crippen LogP contribution in [0.3, 0.4) is 0 Å². The van der Waals surface area contributed by atoms with Crippen LogP contribution in [0.15, 0.2) is 60.9 Å². The van der Waals surface area contributed by atoms with E-state index >= 15 is 0 Å². The van der Waals surface area contributed by atoms with Gasteiger partial charge in [-0.05, 0) is 53.8 Å². The molecule has 2 aliphatic rings. The molecule has 2 aromatic carbocycles. The predicted octanol–water partition coefficient (Wildman–Crippen LogP) is 4.64. The lowest BCUT2D eigenvalue weighted by molar-refractivity contribution is 0.437. The number of nitriles is 1. The molecule has 3 aromatic rings. The van der Waals surface area contributed by atoms with Crippen molar-refractivity contribution in [3.8, 4) is 6.07 Å². The van der Waals surface area contributed by atoms with Crippen LogP contribution in [0.5, 0.6) is 0 Å². The summed E-state index contributed by atoms with van der Waals surface area (Å²) in [4.78, 5) is 11.2. The summed E-state index contributed by atoms with van der Waals surface area (Å²) in [6, 6.07) is 19.7. The van der Waals surface area contributed by atoms with E-state index in [2.05, 4.69) is 69.6 Å². The van der Waals surface area contributed by atoms with E-state index < -0.39 is 0 Å². The van der Waals surface area contributed by atoms with Gasteiger partial charge >= 0.3 is 0 Å². The molecule has 3 heterocycles. The fourth-order valence-corrected chi connectivity index (χ4v) is 4.84. The SMILES string of the molecule is C[C@H]1c2ccccc2[C@@H]2CC(Nc3ncccn3)CCN2c2ccc(C#N)cc21. The molecule has 1 saturated heterocycles. The molecular weight excluding hydrogens is 358 g/mol. The second kappa shape index (κ2) is 7.21. The lowest BCUT2D eigenvalue weighted by Crippen LogP contribution is -2.42. The number of aromatic nitrogens is 2. The van der Waals surface area contributed by atoms with Gasteiger partial charge in [-0.25, -0.2) is 9.97 Å². The van der Waals surface area contributed by atoms with Gasteiger partial charge in [0.1, 0.15) is 0 Å². The van der Waals surface area contributed by atoms with Crippen molar-refractivity contribution in [2.24, 2.45) is 0 Å². The van der Waals surface area contributed by atoms with Gasteiger partial charge in [0, 0.05) is 36.6 Å². The maximum Gasteiger partial charge on any atom is 0.222 e. The van der Waals surface area contributed by atoms with Gasteiger partial charge in [0.25, 0.3) is 0 Å². The van der Waals surface area contributed by atoms with Crippen molar-refractivity contribution >= 4 is 11.6 Å². The molecule has 3 atom stereocenters. The van der Waals surface area contributed by atoms with Crippen LogP contribution in [0, 0.1) is 11.3 Å². The van der Waals surface area contributed by atoms with Gasteiger partial charge < -0.3 is 10.2 Å². The van der Waals surface area contributed by atoms with Gasteiger partial charge in [-0.1, -0.05) is 31.2 Å². The van der Waals surface area contributed by atoms with Crippen LogP contribution in [0.4, 0.5) is 11.6 Å². The lowest BCUT2D eigenvalue weighted by atomic mass is 9.86. The third-order valence-electron chi connectivity index (χ3n) is 6.26. The Kier molecular flexibility index (Phi) is 4.40. The molecule has 0 spiro atoms. The van der Waals surface area contributed by atoms with E-state index in [0.29, 0.717) is 12.0 Å². The minimum atomic E-state index is 0.254. The first-order chi connectivity index (χ1) is 14.2. The molecule has 5 heteroatoms. The summed E-state index contributed by atoms with van der Waals surface area (Å²) < 4.78 is 0. The number of rotatable bonds is 2. The minimum Gasteiger partial charge on any atom is -0.364 e. The first-order valence-electron chi connectivity index (χ1n) is 10.2. The maximum absolute atomic E-state index is 9.41. The zero-order valence-electron chi connectivity index (χ0n) is 16.4. The third kappa shape index (κ3) is 3.11. The molecule has 2 aliphatic heterocycles. The highest BCUT2D eigenvalue weighted by Gasteiger charge is 2.36. The Morgan fingerprint density at radius 2 is 1.83 bits per heavy atom. The summed E-state index contributed by atoms with van der Waals surface area (Å²) in [7, 11) is 0. The van der Waals surface area contributed by atoms with Crippen LogP contribution < -0.4 is 10.2 Å². The highest BCUT2D eigenvalue weighted by molar-refractivity contribution is 5.64. The smallest absolute Gasteiger partial charge is 0.222 e. The molecule has 1 fully saturated rings. The van der Waals surface area contributed by atoms with E-state index in [-0.39, 0.29) is 12.0 Å². The number of fused-ring (bicyclic) bond motifs is 5. The van der Waals surface area contributed by atoms with E-state index in [1.165, 1.54) is 22.4 Å². The number of hydrogen-bond acceptors (Lipinski definition) is 5. The van der Waals surface area contributed by atoms with Crippen molar-refractivity contribution in [1.82, 2.24) is 9.97 Å². The molecule has 0 radical (unpaired) electrons. The monoisotopic (exact) mass is 381 g/mol. The summed E-state index contributed by atoms with van der Waals surface area (Å²) in [6.07, 6.45) is 5.55. The van der Waals surface area contributed by atoms with Crippen LogP contribution in [0.2, 0.25) is 0 Å². The number of anilines is 2. The molecule has 0 amide bonds. The standard InChI is InChI=1S/C24H23N5/c1-16-19-5-2-3-6-20(19)23-14-18(28-24-26-10-4-11-27-24)9-12-29(23)22-8-7-17(15-25)13-21(16)22/h2-8,10-11,13,16,18,23H,9,12,14H2,1H3,(H,26,27,28)/t16-,18?,23-/m0/s1. The summed E-state index contributed by atoms with van der Waals surface area (Å²) in [5, 5.41) is 12.9. The molecule has 0 saturated carbocycles. The molecule has 5 nitrogen and oxygen atoms in total. The summed E-state index contributed by atoms with van der Waals surface area (Å²) in [5.74, 6) is 0.948. The van der Waals surface area contributed by atoms with E-state index in [1.54, 1.807) is 12.4 Å². The summed E-state index contributed by atoms with van der Waals surface area (Å²) in [5.41, 5.74) is 5.97. The number of nitrogens with one attached hydrogen (secondary N) is 1. The summed E-state index contributed by atoms with van der Waals surface area (Å²) >= 11 is 0. The van der Waals surface area contributed by atoms with E-state index in [4.69, 9.17) is 0 Å². The fourth-order valence-electron chi connectivity index (χ4n) is 4.84. The van der Waals surface area contributed by atoms with Crippen LogP contribution in [-0.4, -0.2) is 22.6 Å². The zero-order chi connectivity index (χ0) is 19.8. The number of benzene rings is 2. The number of nitrogens with zero attached hydrogens (tertiary/aromatic N) is 4. The first kappa shape index (κ1) is 17.7. The minimum absolute atomic E-state index is 0.254. The van der Waals surface area contributed by atoms with Gasteiger partial charge in [0.2, 0.25) is 5.95 Å². The Morgan fingerprint density at radius 1 is 1.03 bits per heavy atom. The van der Waals surface area contributed by atoms with Crippen molar-refractivity contribution < 1.29 is 0 Å². The highest BCUT2D eigenvalue weighted by atomic mass is 15.2. The van der Waals surface area contributed by atoms with E-state index in [1.807, 2.05) is 12.1 Å². The first-order valence-corrected chi connectivity index (χ1v) is 10.2. The van der Waals surface area contributed by atoms with Crippen LogP contribution in [0.1, 0.15) is 54.0 Å². The fraction of sp³-hybridized carbons (Fsp3) is 0.292. The van der Waals surface area contributed by atoms with Crippen molar-refractivity contribution in [3.63, 3.8) is 0 Å². The molecule has 5 rings (SSSR count). The second-order valence-electron chi connectivity index (χ2n) is 7.88. The molecule has 1 aromatic heterocycles. The Balaban J connectivity index is 1.56. The average molecular weight is 381 g/mol. The zero-order valence-corrected chi connectivity index (χ0v) is 16.4. The Labute approximate surface area is 171 Å². The molecule has 1 unspecified atom stereocenters. The second-order valence-corrected chi connectivity index (χ2v) is 7.88. The van der Waals surface area contributed by atoms with Gasteiger partial charge in [-0.2, -0.15) is 5.26 Å². The Hall–Kier alpha value is -3.39. The van der Waals surface area contributed by atoms with Crippen molar-refractivity contribution in [2.45, 2.75) is 37.8 Å². The van der Waals surface area contributed by atoms with Gasteiger partial charge in [-0.3, -0.25) is 0 Å². The van der Waals surface area contributed by atoms with Crippen LogP contribution in [-0.2, 0) is 0 Å². The number of piperidine rings is 1. The molecular formula is C24H23N5. The Morgan fingerprint density at radius 3 is 2.62 bits per heavy atom. The quantitative estimate of drug-likeness (QED) is 0.701. The lowest BCUT2D eigenvalue weighted by Gasteiger charge is -2.41. The maximum atomic E-state index is 9.41. The van der Waals surface area contributed by atoms with Crippen molar-refractivity contribution in [2.75, 3.05) is 16.8 Å². The normalized spacial score (nSPS) is 22.5. The van der Waals surface area contributed by atoms with Crippen LogP contribution in [0.25, 0.3) is 0 Å². The topological polar surface area (TPSA) is 64.8 Å². The largest absolute Gasteiger partial charge is 0.364 e. The molecule has 29 heavy (non-hydrogen) atoms. The number of hydrogen-bond donors (Lipinski definition) is 1. The molecule has 144 valence electrons. The average Bonchev–Trinajstić information content (AvgIpc) is 2.88. The van der Waals surface area contributed by atoms with Gasteiger partial charge in [0.15, 0.2) is 0 Å². The molecule has 0 bridgehead atoms. The molecule has 0 aliphatic carbocycles. The van der Waals surface area contributed by atoms with E-state index in [9.17, 15) is 5.26 Å². The third-order valence-corrected chi connectivity index (χ3v) is 6.26. The Bertz CT molecular complexity index is 1070. The van der Waals surface area contributed by atoms with Crippen molar-refractivity contribution in [1.29, 1.82) is 5.26 Å².